The topological polar surface area (TPSA) is 40.9 Å². The predicted molar refractivity (Wildman–Crippen MR) is 127 cm³/mol. The van der Waals surface area contributed by atoms with Crippen molar-refractivity contribution in [2.45, 2.75) is 99.3 Å². The first kappa shape index (κ1) is 22.8. The number of Topliss-reactive ketones (excluding diaryl/α,β-unsaturated/α-hetero) is 1. The maximum atomic E-state index is 12.3. The van der Waals surface area contributed by atoms with Crippen LogP contribution in [0, 0.1) is 57.2 Å². The van der Waals surface area contributed by atoms with Gasteiger partial charge in [0.15, 0.2) is 0 Å². The SMILES string of the molecule is CC(C)[C@@H](C)C=C[C@@H](C)[C@H]1CCC2C3=C(CC[C@@]21C)[C@@]1(C)CCC(=O)C[C@]1(C#N)CC3. The lowest BCUT2D eigenvalue weighted by Gasteiger charge is -2.57. The second-order valence-electron chi connectivity index (χ2n) is 12.3. The number of fused-ring (bicyclic) bond motifs is 4. The third kappa shape index (κ3) is 3.37. The highest BCUT2D eigenvalue weighted by Gasteiger charge is 2.60. The van der Waals surface area contributed by atoms with Crippen molar-refractivity contribution in [1.29, 1.82) is 5.26 Å². The number of carbonyl (C=O) groups excluding carboxylic acids is 1. The molecular formula is C29H43NO. The number of allylic oxidation sites excluding steroid dienone is 4. The summed E-state index contributed by atoms with van der Waals surface area (Å²) in [5.74, 6) is 3.71. The molecule has 0 heterocycles. The molecule has 2 fully saturated rings. The highest BCUT2D eigenvalue weighted by Crippen LogP contribution is 2.68. The zero-order valence-corrected chi connectivity index (χ0v) is 20.8. The summed E-state index contributed by atoms with van der Waals surface area (Å²) < 4.78 is 0. The van der Waals surface area contributed by atoms with Crippen LogP contribution < -0.4 is 0 Å². The maximum absolute atomic E-state index is 12.3. The summed E-state index contributed by atoms with van der Waals surface area (Å²) in [4.78, 5) is 12.3. The van der Waals surface area contributed by atoms with Crippen molar-refractivity contribution >= 4 is 5.78 Å². The van der Waals surface area contributed by atoms with Crippen LogP contribution in [0.2, 0.25) is 0 Å². The van der Waals surface area contributed by atoms with Crippen LogP contribution in [0.25, 0.3) is 0 Å². The minimum atomic E-state index is -0.448. The zero-order chi connectivity index (χ0) is 22.6. The van der Waals surface area contributed by atoms with Crippen LogP contribution in [0.1, 0.15) is 99.3 Å². The Morgan fingerprint density at radius 1 is 1.00 bits per heavy atom. The number of hydrogen-bond acceptors (Lipinski definition) is 2. The Morgan fingerprint density at radius 3 is 2.42 bits per heavy atom. The Bertz CT molecular complexity index is 843. The highest BCUT2D eigenvalue weighted by molar-refractivity contribution is 5.81. The van der Waals surface area contributed by atoms with E-state index in [1.165, 1.54) is 19.3 Å². The molecule has 0 radical (unpaired) electrons. The largest absolute Gasteiger partial charge is 0.300 e. The summed E-state index contributed by atoms with van der Waals surface area (Å²) >= 11 is 0. The van der Waals surface area contributed by atoms with E-state index in [9.17, 15) is 10.1 Å². The normalized spacial score (nSPS) is 42.2. The van der Waals surface area contributed by atoms with E-state index in [-0.39, 0.29) is 5.41 Å². The molecule has 2 nitrogen and oxygen atoms in total. The molecule has 4 rings (SSSR count). The Labute approximate surface area is 190 Å². The number of carbonyl (C=O) groups is 1. The number of nitriles is 1. The summed E-state index contributed by atoms with van der Waals surface area (Å²) in [6.07, 6.45) is 14.0. The van der Waals surface area contributed by atoms with Crippen LogP contribution in [0.15, 0.2) is 23.3 Å². The lowest BCUT2D eigenvalue weighted by molar-refractivity contribution is -0.127. The molecule has 4 aliphatic carbocycles. The first-order chi connectivity index (χ1) is 14.6. The monoisotopic (exact) mass is 421 g/mol. The molecule has 0 saturated heterocycles. The van der Waals surface area contributed by atoms with Crippen LogP contribution in [-0.4, -0.2) is 5.78 Å². The van der Waals surface area contributed by atoms with Gasteiger partial charge in [0, 0.05) is 18.3 Å². The van der Waals surface area contributed by atoms with Gasteiger partial charge in [-0.3, -0.25) is 4.79 Å². The summed E-state index contributed by atoms with van der Waals surface area (Å²) in [6.45, 7) is 14.3. The second-order valence-corrected chi connectivity index (χ2v) is 12.3. The summed E-state index contributed by atoms with van der Waals surface area (Å²) in [7, 11) is 0. The van der Waals surface area contributed by atoms with Crippen LogP contribution in [0.4, 0.5) is 0 Å². The molecule has 0 aromatic rings. The molecule has 2 saturated carbocycles. The molecule has 0 N–H and O–H groups in total. The zero-order valence-electron chi connectivity index (χ0n) is 20.8. The maximum Gasteiger partial charge on any atom is 0.134 e. The van der Waals surface area contributed by atoms with Crippen molar-refractivity contribution in [3.63, 3.8) is 0 Å². The molecule has 7 atom stereocenters. The summed E-state index contributed by atoms with van der Waals surface area (Å²) in [5.41, 5.74) is 3.17. The Kier molecular flexibility index (Phi) is 5.81. The summed E-state index contributed by atoms with van der Waals surface area (Å²) in [6, 6.07) is 2.69. The van der Waals surface area contributed by atoms with E-state index in [2.05, 4.69) is 59.8 Å². The van der Waals surface area contributed by atoms with Crippen LogP contribution >= 0.6 is 0 Å². The predicted octanol–water partition coefficient (Wildman–Crippen LogP) is 7.66. The molecular weight excluding hydrogens is 378 g/mol. The van der Waals surface area contributed by atoms with E-state index in [4.69, 9.17) is 0 Å². The molecule has 2 heteroatoms. The first-order valence-corrected chi connectivity index (χ1v) is 12.9. The standard InChI is InChI=1S/C29H43NO/c1-19(2)20(3)7-8-21(4)24-9-10-25-23-12-16-29(18-30)17-22(31)11-15-28(29,6)26(23)13-14-27(24,25)5/h7-8,19-21,24-25H,9-17H2,1-6H3/t20-,21+,24+,25?,27+,28+,29-/m0/s1. The van der Waals surface area contributed by atoms with Gasteiger partial charge >= 0.3 is 0 Å². The van der Waals surface area contributed by atoms with Crippen molar-refractivity contribution in [2.75, 3.05) is 0 Å². The van der Waals surface area contributed by atoms with Gasteiger partial charge < -0.3 is 0 Å². The average Bonchev–Trinajstić information content (AvgIpc) is 3.09. The smallest absolute Gasteiger partial charge is 0.134 e. The molecule has 0 bridgehead atoms. The van der Waals surface area contributed by atoms with Gasteiger partial charge in [0.1, 0.15) is 5.78 Å². The molecule has 0 aliphatic heterocycles. The molecule has 170 valence electrons. The fraction of sp³-hybridized carbons (Fsp3) is 0.793. The first-order valence-electron chi connectivity index (χ1n) is 12.9. The quantitative estimate of drug-likeness (QED) is 0.437. The molecule has 4 aliphatic rings. The van der Waals surface area contributed by atoms with Crippen LogP contribution in [-0.2, 0) is 4.79 Å². The minimum Gasteiger partial charge on any atom is -0.300 e. The number of nitrogens with zero attached hydrogens (tertiary/aromatic N) is 1. The second kappa shape index (κ2) is 7.90. The third-order valence-corrected chi connectivity index (χ3v) is 10.7. The molecule has 0 aromatic carbocycles. The number of ketones is 1. The van der Waals surface area contributed by atoms with Gasteiger partial charge in [-0.05, 0) is 80.0 Å². The Balaban J connectivity index is 1.63. The van der Waals surface area contributed by atoms with Gasteiger partial charge in [0.25, 0.3) is 0 Å². The van der Waals surface area contributed by atoms with E-state index in [1.54, 1.807) is 11.1 Å². The molecule has 31 heavy (non-hydrogen) atoms. The van der Waals surface area contributed by atoms with Crippen molar-refractivity contribution in [2.24, 2.45) is 45.8 Å². The van der Waals surface area contributed by atoms with Gasteiger partial charge in [-0.2, -0.15) is 5.26 Å². The average molecular weight is 422 g/mol. The van der Waals surface area contributed by atoms with Gasteiger partial charge in [-0.1, -0.05) is 64.8 Å². The fourth-order valence-electron chi connectivity index (χ4n) is 8.11. The third-order valence-electron chi connectivity index (χ3n) is 10.7. The van der Waals surface area contributed by atoms with E-state index in [0.29, 0.717) is 47.7 Å². The number of hydrogen-bond donors (Lipinski definition) is 0. The van der Waals surface area contributed by atoms with Crippen molar-refractivity contribution in [3.05, 3.63) is 23.3 Å². The summed E-state index contributed by atoms with van der Waals surface area (Å²) in [5, 5.41) is 10.2. The Morgan fingerprint density at radius 2 is 1.74 bits per heavy atom. The molecule has 0 spiro atoms. The van der Waals surface area contributed by atoms with E-state index >= 15 is 0 Å². The van der Waals surface area contributed by atoms with E-state index < -0.39 is 5.41 Å². The molecule has 0 aromatic heterocycles. The molecule has 0 amide bonds. The number of rotatable bonds is 4. The van der Waals surface area contributed by atoms with E-state index in [0.717, 1.165) is 31.6 Å². The minimum absolute atomic E-state index is 0.0825. The van der Waals surface area contributed by atoms with Crippen LogP contribution in [0.3, 0.4) is 0 Å². The van der Waals surface area contributed by atoms with Crippen molar-refractivity contribution in [3.8, 4) is 6.07 Å². The van der Waals surface area contributed by atoms with Gasteiger partial charge in [0.2, 0.25) is 0 Å². The fourth-order valence-corrected chi connectivity index (χ4v) is 8.11. The Hall–Kier alpha value is -1.36. The lowest BCUT2D eigenvalue weighted by atomic mass is 9.45. The highest BCUT2D eigenvalue weighted by atomic mass is 16.1. The van der Waals surface area contributed by atoms with Gasteiger partial charge in [-0.15, -0.1) is 0 Å². The van der Waals surface area contributed by atoms with Gasteiger partial charge in [-0.25, -0.2) is 0 Å². The lowest BCUT2D eigenvalue weighted by Crippen LogP contribution is -2.51. The molecule has 1 unspecified atom stereocenters. The van der Waals surface area contributed by atoms with Crippen molar-refractivity contribution in [1.82, 2.24) is 0 Å². The van der Waals surface area contributed by atoms with Crippen LogP contribution in [0.5, 0.6) is 0 Å². The van der Waals surface area contributed by atoms with E-state index in [1.807, 2.05) is 0 Å². The van der Waals surface area contributed by atoms with Gasteiger partial charge in [0.05, 0.1) is 11.5 Å². The van der Waals surface area contributed by atoms with Crippen molar-refractivity contribution < 1.29 is 4.79 Å².